The molecule has 0 aliphatic rings. The van der Waals surface area contributed by atoms with Crippen LogP contribution in [-0.4, -0.2) is 13.5 Å². The SMILES string of the molecule is CCCCCCCCCCCCCCCc1cc(O)ccc1NS(=O)(=O)c1ccc(/N=N/c2ccccc2)cc1. The number of nitrogens with one attached hydrogen (secondary N) is 1. The topological polar surface area (TPSA) is 91.1 Å². The quantitative estimate of drug-likeness (QED) is 0.0863. The van der Waals surface area contributed by atoms with Crippen molar-refractivity contribution in [1.29, 1.82) is 0 Å². The Bertz CT molecular complexity index is 1260. The third-order valence-corrected chi connectivity index (χ3v) is 8.45. The summed E-state index contributed by atoms with van der Waals surface area (Å²) in [6, 6.07) is 20.5. The van der Waals surface area contributed by atoms with Gasteiger partial charge in [0.2, 0.25) is 0 Å². The first kappa shape index (κ1) is 31.3. The van der Waals surface area contributed by atoms with Crippen LogP contribution in [0.5, 0.6) is 5.75 Å². The van der Waals surface area contributed by atoms with Crippen LogP contribution < -0.4 is 4.72 Å². The zero-order valence-electron chi connectivity index (χ0n) is 23.9. The number of nitrogens with zero attached hydrogens (tertiary/aromatic N) is 2. The van der Waals surface area contributed by atoms with Crippen LogP contribution in [0.4, 0.5) is 17.1 Å². The van der Waals surface area contributed by atoms with Gasteiger partial charge in [-0.25, -0.2) is 8.42 Å². The number of benzene rings is 3. The van der Waals surface area contributed by atoms with Crippen LogP contribution in [-0.2, 0) is 16.4 Å². The van der Waals surface area contributed by atoms with Crippen molar-refractivity contribution in [3.05, 3.63) is 78.4 Å². The fraction of sp³-hybridized carbons (Fsp3) is 0.455. The molecule has 0 atom stereocenters. The molecule has 3 aromatic rings. The summed E-state index contributed by atoms with van der Waals surface area (Å²) in [5, 5.41) is 18.4. The Labute approximate surface area is 241 Å². The molecule has 216 valence electrons. The van der Waals surface area contributed by atoms with Gasteiger partial charge in [-0.1, -0.05) is 102 Å². The standard InChI is InChI=1S/C33H45N3O3S/c1-2-3-4-5-6-7-8-9-10-11-12-13-15-18-28-27-31(37)23-26-33(28)36-40(38,39)32-24-21-30(22-25-32)35-34-29-19-16-14-17-20-29/h14,16-17,19-27,36-37H,2-13,15,18H2,1H3/b35-34+. The normalized spacial score (nSPS) is 11.7. The van der Waals surface area contributed by atoms with Crippen LogP contribution >= 0.6 is 0 Å². The van der Waals surface area contributed by atoms with E-state index >= 15 is 0 Å². The van der Waals surface area contributed by atoms with Crippen LogP contribution in [0.1, 0.15) is 96.0 Å². The lowest BCUT2D eigenvalue weighted by Crippen LogP contribution is -2.14. The molecule has 40 heavy (non-hydrogen) atoms. The van der Waals surface area contributed by atoms with Gasteiger partial charge in [-0.2, -0.15) is 10.2 Å². The second-order valence-corrected chi connectivity index (χ2v) is 12.2. The molecule has 3 aromatic carbocycles. The maximum atomic E-state index is 13.1. The molecular formula is C33H45N3O3S. The first-order valence-electron chi connectivity index (χ1n) is 14.9. The highest BCUT2D eigenvalue weighted by atomic mass is 32.2. The number of unbranched alkanes of at least 4 members (excludes halogenated alkanes) is 12. The number of anilines is 1. The molecule has 0 saturated heterocycles. The summed E-state index contributed by atoms with van der Waals surface area (Å²) in [6.07, 6.45) is 17.3. The maximum absolute atomic E-state index is 13.1. The third kappa shape index (κ3) is 11.5. The lowest BCUT2D eigenvalue weighted by Gasteiger charge is -2.13. The van der Waals surface area contributed by atoms with Gasteiger partial charge in [-0.3, -0.25) is 4.72 Å². The predicted molar refractivity (Wildman–Crippen MR) is 165 cm³/mol. The number of azo groups is 1. The maximum Gasteiger partial charge on any atom is 0.261 e. The number of sulfonamides is 1. The Morgan fingerprint density at radius 2 is 1.18 bits per heavy atom. The second kappa shape index (κ2) is 17.5. The van der Waals surface area contributed by atoms with Crippen LogP contribution in [0.2, 0.25) is 0 Å². The molecule has 0 radical (unpaired) electrons. The number of aryl methyl sites for hydroxylation is 1. The van der Waals surface area contributed by atoms with Crippen LogP contribution in [0.3, 0.4) is 0 Å². The molecule has 0 aliphatic heterocycles. The highest BCUT2D eigenvalue weighted by Gasteiger charge is 2.16. The zero-order chi connectivity index (χ0) is 28.5. The summed E-state index contributed by atoms with van der Waals surface area (Å²) >= 11 is 0. The Hall–Kier alpha value is -3.19. The van der Waals surface area contributed by atoms with E-state index in [-0.39, 0.29) is 10.6 Å². The number of hydrogen-bond acceptors (Lipinski definition) is 5. The number of hydrogen-bond donors (Lipinski definition) is 2. The predicted octanol–water partition coefficient (Wildman–Crippen LogP) is 10.2. The molecular weight excluding hydrogens is 518 g/mol. The molecule has 7 heteroatoms. The van der Waals surface area contributed by atoms with E-state index in [1.807, 2.05) is 30.3 Å². The Morgan fingerprint density at radius 1 is 0.650 bits per heavy atom. The van der Waals surface area contributed by atoms with Crippen LogP contribution in [0, 0.1) is 0 Å². The van der Waals surface area contributed by atoms with Gasteiger partial charge in [-0.05, 0) is 73.0 Å². The van der Waals surface area contributed by atoms with Gasteiger partial charge in [0.25, 0.3) is 10.0 Å². The first-order valence-corrected chi connectivity index (χ1v) is 16.4. The van der Waals surface area contributed by atoms with Gasteiger partial charge < -0.3 is 5.11 Å². The van der Waals surface area contributed by atoms with Crippen molar-refractivity contribution in [2.24, 2.45) is 10.2 Å². The fourth-order valence-corrected chi connectivity index (χ4v) is 5.83. The number of rotatable bonds is 19. The molecule has 0 bridgehead atoms. The molecule has 2 N–H and O–H groups in total. The summed E-state index contributed by atoms with van der Waals surface area (Å²) in [6.45, 7) is 2.26. The minimum Gasteiger partial charge on any atom is -0.508 e. The van der Waals surface area contributed by atoms with Crippen molar-refractivity contribution in [3.8, 4) is 5.75 Å². The molecule has 0 aromatic heterocycles. The summed E-state index contributed by atoms with van der Waals surface area (Å²) in [7, 11) is -3.79. The molecule has 0 aliphatic carbocycles. The van der Waals surface area contributed by atoms with E-state index < -0.39 is 10.0 Å². The van der Waals surface area contributed by atoms with E-state index in [0.29, 0.717) is 17.8 Å². The van der Waals surface area contributed by atoms with Crippen LogP contribution in [0.25, 0.3) is 0 Å². The number of phenols is 1. The molecule has 0 amide bonds. The number of phenolic OH excluding ortho intramolecular Hbond substituents is 1. The molecule has 0 unspecified atom stereocenters. The van der Waals surface area contributed by atoms with Crippen molar-refractivity contribution in [2.75, 3.05) is 4.72 Å². The summed E-state index contributed by atoms with van der Waals surface area (Å²) in [5.41, 5.74) is 2.60. The highest BCUT2D eigenvalue weighted by molar-refractivity contribution is 7.92. The van der Waals surface area contributed by atoms with Crippen molar-refractivity contribution >= 4 is 27.1 Å². The lowest BCUT2D eigenvalue weighted by atomic mass is 10.0. The monoisotopic (exact) mass is 563 g/mol. The first-order chi connectivity index (χ1) is 19.5. The molecule has 0 saturated carbocycles. The Kier molecular flexibility index (Phi) is 13.7. The van der Waals surface area contributed by atoms with Crippen molar-refractivity contribution in [1.82, 2.24) is 0 Å². The average molecular weight is 564 g/mol. The van der Waals surface area contributed by atoms with Gasteiger partial charge in [0, 0.05) is 0 Å². The molecule has 0 spiro atoms. The van der Waals surface area contributed by atoms with E-state index in [0.717, 1.165) is 24.1 Å². The van der Waals surface area contributed by atoms with Crippen molar-refractivity contribution < 1.29 is 13.5 Å². The largest absolute Gasteiger partial charge is 0.508 e. The lowest BCUT2D eigenvalue weighted by molar-refractivity contribution is 0.474. The Morgan fingerprint density at radius 3 is 1.75 bits per heavy atom. The van der Waals surface area contributed by atoms with Gasteiger partial charge in [0.1, 0.15) is 5.75 Å². The molecule has 0 fully saturated rings. The fourth-order valence-electron chi connectivity index (χ4n) is 4.73. The summed E-state index contributed by atoms with van der Waals surface area (Å²) in [5.74, 6) is 0.140. The zero-order valence-corrected chi connectivity index (χ0v) is 24.7. The van der Waals surface area contributed by atoms with E-state index in [4.69, 9.17) is 0 Å². The molecule has 3 rings (SSSR count). The summed E-state index contributed by atoms with van der Waals surface area (Å²) in [4.78, 5) is 0.145. The Balaban J connectivity index is 1.43. The highest BCUT2D eigenvalue weighted by Crippen LogP contribution is 2.27. The van der Waals surface area contributed by atoms with Crippen molar-refractivity contribution in [3.63, 3.8) is 0 Å². The van der Waals surface area contributed by atoms with E-state index in [1.54, 1.807) is 24.3 Å². The van der Waals surface area contributed by atoms with E-state index in [2.05, 4.69) is 21.9 Å². The minimum atomic E-state index is -3.79. The van der Waals surface area contributed by atoms with Crippen LogP contribution in [0.15, 0.2) is 87.9 Å². The smallest absolute Gasteiger partial charge is 0.261 e. The van der Waals surface area contributed by atoms with Gasteiger partial charge in [0.05, 0.1) is 22.0 Å². The van der Waals surface area contributed by atoms with Gasteiger partial charge in [-0.15, -0.1) is 0 Å². The van der Waals surface area contributed by atoms with E-state index in [1.165, 1.54) is 88.8 Å². The third-order valence-electron chi connectivity index (χ3n) is 7.07. The van der Waals surface area contributed by atoms with Gasteiger partial charge in [0.15, 0.2) is 0 Å². The molecule has 0 heterocycles. The second-order valence-electron chi connectivity index (χ2n) is 10.5. The van der Waals surface area contributed by atoms with Gasteiger partial charge >= 0.3 is 0 Å². The average Bonchev–Trinajstić information content (AvgIpc) is 2.96. The number of aromatic hydroxyl groups is 1. The summed E-state index contributed by atoms with van der Waals surface area (Å²) < 4.78 is 28.9. The van der Waals surface area contributed by atoms with E-state index in [9.17, 15) is 13.5 Å². The minimum absolute atomic E-state index is 0.140. The molecule has 6 nitrogen and oxygen atoms in total. The van der Waals surface area contributed by atoms with Crippen molar-refractivity contribution in [2.45, 2.75) is 102 Å².